The van der Waals surface area contributed by atoms with Gasteiger partial charge < -0.3 is 9.47 Å². The van der Waals surface area contributed by atoms with Gasteiger partial charge in [0.2, 0.25) is 0 Å². The third-order valence-corrected chi connectivity index (χ3v) is 6.13. The van der Waals surface area contributed by atoms with E-state index in [2.05, 4.69) is 83.2 Å². The average Bonchev–Trinajstić information content (AvgIpc) is 3.24. The fourth-order valence-corrected chi connectivity index (χ4v) is 4.64. The molecule has 0 aromatic heterocycles. The van der Waals surface area contributed by atoms with E-state index >= 15 is 0 Å². The highest BCUT2D eigenvalue weighted by Crippen LogP contribution is 2.47. The monoisotopic (exact) mass is 406 g/mol. The number of benzene rings is 4. The Bertz CT molecular complexity index is 1300. The number of nitrogens with one attached hydrogen (secondary N) is 1. The van der Waals surface area contributed by atoms with Crippen molar-refractivity contribution in [3.63, 3.8) is 0 Å². The zero-order valence-corrected chi connectivity index (χ0v) is 17.2. The second-order valence-corrected chi connectivity index (χ2v) is 7.84. The van der Waals surface area contributed by atoms with Crippen molar-refractivity contribution in [1.29, 1.82) is 0 Å². The molecule has 0 spiro atoms. The first-order valence-corrected chi connectivity index (χ1v) is 10.5. The molecule has 0 bridgehead atoms. The number of hydrogen-bond donors (Lipinski definition) is 1. The van der Waals surface area contributed by atoms with Gasteiger partial charge >= 0.3 is 0 Å². The Hall–Kier alpha value is -3.92. The van der Waals surface area contributed by atoms with E-state index < -0.39 is 0 Å². The largest absolute Gasteiger partial charge is 0.497 e. The van der Waals surface area contributed by atoms with Gasteiger partial charge in [-0.3, -0.25) is 10.4 Å². The Labute approximate surface area is 181 Å². The summed E-state index contributed by atoms with van der Waals surface area (Å²) < 4.78 is 11.7. The Morgan fingerprint density at radius 2 is 1.65 bits per heavy atom. The minimum absolute atomic E-state index is 0.0235. The van der Waals surface area contributed by atoms with Gasteiger partial charge in [0.1, 0.15) is 24.1 Å². The van der Waals surface area contributed by atoms with Crippen molar-refractivity contribution in [2.24, 2.45) is 0 Å². The first-order valence-electron chi connectivity index (χ1n) is 10.5. The van der Waals surface area contributed by atoms with Crippen molar-refractivity contribution in [1.82, 2.24) is 5.43 Å². The predicted molar refractivity (Wildman–Crippen MR) is 124 cm³/mol. The molecule has 1 N–H and O–H groups in total. The predicted octanol–water partition coefficient (Wildman–Crippen LogP) is 5.72. The quantitative estimate of drug-likeness (QED) is 0.472. The topological polar surface area (TPSA) is 33.7 Å². The van der Waals surface area contributed by atoms with Crippen LogP contribution in [0.2, 0.25) is 0 Å². The molecule has 152 valence electrons. The fourth-order valence-electron chi connectivity index (χ4n) is 4.64. The SMILES string of the molecule is COc1ccc(C2C3=C(NN2c2ccccc2)c2c(ccc4ccccc24)OC3)cc1. The van der Waals surface area contributed by atoms with E-state index in [-0.39, 0.29) is 6.04 Å². The van der Waals surface area contributed by atoms with E-state index in [9.17, 15) is 0 Å². The lowest BCUT2D eigenvalue weighted by molar-refractivity contribution is 0.340. The number of nitrogens with zero attached hydrogens (tertiary/aromatic N) is 1. The first-order chi connectivity index (χ1) is 15.3. The molecule has 0 amide bonds. The summed E-state index contributed by atoms with van der Waals surface area (Å²) >= 11 is 0. The Kier molecular flexibility index (Phi) is 4.10. The highest BCUT2D eigenvalue weighted by molar-refractivity contribution is 5.98. The van der Waals surface area contributed by atoms with Crippen molar-refractivity contribution in [2.75, 3.05) is 18.7 Å². The van der Waals surface area contributed by atoms with Gasteiger partial charge in [0, 0.05) is 11.1 Å². The molecule has 6 rings (SSSR count). The van der Waals surface area contributed by atoms with Crippen LogP contribution in [0.1, 0.15) is 17.2 Å². The molecule has 0 aliphatic carbocycles. The normalized spacial score (nSPS) is 17.1. The van der Waals surface area contributed by atoms with E-state index in [0.717, 1.165) is 28.4 Å². The molecule has 1 unspecified atom stereocenters. The van der Waals surface area contributed by atoms with Crippen LogP contribution < -0.4 is 19.9 Å². The van der Waals surface area contributed by atoms with Crippen LogP contribution in [0.5, 0.6) is 11.5 Å². The molecular formula is C27H22N2O2. The number of methoxy groups -OCH3 is 1. The molecule has 0 saturated carbocycles. The number of anilines is 1. The lowest BCUT2D eigenvalue weighted by atomic mass is 9.92. The third-order valence-electron chi connectivity index (χ3n) is 6.13. The maximum atomic E-state index is 6.28. The van der Waals surface area contributed by atoms with Crippen LogP contribution in [-0.4, -0.2) is 13.7 Å². The van der Waals surface area contributed by atoms with Crippen LogP contribution in [0, 0.1) is 0 Å². The van der Waals surface area contributed by atoms with Gasteiger partial charge in [0.05, 0.1) is 18.5 Å². The number of fused-ring (bicyclic) bond motifs is 4. The van der Waals surface area contributed by atoms with Crippen LogP contribution in [-0.2, 0) is 0 Å². The van der Waals surface area contributed by atoms with Crippen LogP contribution in [0.3, 0.4) is 0 Å². The number of rotatable bonds is 3. The van der Waals surface area contributed by atoms with Gasteiger partial charge in [-0.25, -0.2) is 0 Å². The van der Waals surface area contributed by atoms with Gasteiger partial charge in [0.25, 0.3) is 0 Å². The molecule has 4 heteroatoms. The fraction of sp³-hybridized carbons (Fsp3) is 0.111. The van der Waals surface area contributed by atoms with Crippen LogP contribution >= 0.6 is 0 Å². The zero-order valence-electron chi connectivity index (χ0n) is 17.2. The maximum Gasteiger partial charge on any atom is 0.129 e. The van der Waals surface area contributed by atoms with E-state index in [0.29, 0.717) is 6.61 Å². The smallest absolute Gasteiger partial charge is 0.129 e. The van der Waals surface area contributed by atoms with E-state index in [1.165, 1.54) is 21.9 Å². The number of para-hydroxylation sites is 1. The van der Waals surface area contributed by atoms with Crippen molar-refractivity contribution in [3.05, 3.63) is 108 Å². The standard InChI is InChI=1S/C27H22N2O2/c1-30-21-14-11-19(12-15-21)27-23-17-31-24-16-13-18-7-5-6-10-22(18)25(24)26(23)28-29(27)20-8-3-2-4-9-20/h2-16,27-28H,17H2,1H3. The van der Waals surface area contributed by atoms with Gasteiger partial charge in [-0.2, -0.15) is 0 Å². The summed E-state index contributed by atoms with van der Waals surface area (Å²) in [5.41, 5.74) is 9.55. The summed E-state index contributed by atoms with van der Waals surface area (Å²) in [6.45, 7) is 0.549. The molecule has 4 aromatic rings. The lowest BCUT2D eigenvalue weighted by Crippen LogP contribution is -2.34. The van der Waals surface area contributed by atoms with E-state index in [1.807, 2.05) is 18.2 Å². The van der Waals surface area contributed by atoms with Gasteiger partial charge in [-0.05, 0) is 46.7 Å². The number of hydrazine groups is 1. The Balaban J connectivity index is 1.55. The van der Waals surface area contributed by atoms with E-state index in [1.54, 1.807) is 7.11 Å². The van der Waals surface area contributed by atoms with Crippen LogP contribution in [0.25, 0.3) is 16.5 Å². The van der Waals surface area contributed by atoms with Crippen molar-refractivity contribution in [3.8, 4) is 11.5 Å². The van der Waals surface area contributed by atoms with E-state index in [4.69, 9.17) is 9.47 Å². The van der Waals surface area contributed by atoms with Crippen LogP contribution in [0.15, 0.2) is 96.6 Å². The van der Waals surface area contributed by atoms with Gasteiger partial charge in [-0.15, -0.1) is 0 Å². The minimum Gasteiger partial charge on any atom is -0.497 e. The average molecular weight is 406 g/mol. The van der Waals surface area contributed by atoms with Gasteiger partial charge in [0.15, 0.2) is 0 Å². The minimum atomic E-state index is 0.0235. The molecule has 2 heterocycles. The van der Waals surface area contributed by atoms with Crippen molar-refractivity contribution >= 4 is 22.2 Å². The summed E-state index contributed by atoms with van der Waals surface area (Å²) in [6.07, 6.45) is 0. The molecule has 4 nitrogen and oxygen atoms in total. The summed E-state index contributed by atoms with van der Waals surface area (Å²) in [5, 5.41) is 4.65. The zero-order chi connectivity index (χ0) is 20.8. The molecule has 31 heavy (non-hydrogen) atoms. The first kappa shape index (κ1) is 17.9. The molecule has 0 saturated heterocycles. The lowest BCUT2D eigenvalue weighted by Gasteiger charge is -2.29. The third kappa shape index (κ3) is 2.83. The van der Waals surface area contributed by atoms with Crippen molar-refractivity contribution in [2.45, 2.75) is 6.04 Å². The molecule has 0 fully saturated rings. The molecular weight excluding hydrogens is 384 g/mol. The maximum absolute atomic E-state index is 6.28. The van der Waals surface area contributed by atoms with Crippen LogP contribution in [0.4, 0.5) is 5.69 Å². The highest BCUT2D eigenvalue weighted by Gasteiger charge is 2.38. The molecule has 2 aliphatic heterocycles. The number of hydrogen-bond acceptors (Lipinski definition) is 4. The molecule has 2 aliphatic rings. The second-order valence-electron chi connectivity index (χ2n) is 7.84. The Morgan fingerprint density at radius 1 is 0.871 bits per heavy atom. The summed E-state index contributed by atoms with van der Waals surface area (Å²) in [7, 11) is 1.69. The summed E-state index contributed by atoms with van der Waals surface area (Å²) in [6, 6.07) is 31.5. The van der Waals surface area contributed by atoms with Gasteiger partial charge in [-0.1, -0.05) is 60.7 Å². The summed E-state index contributed by atoms with van der Waals surface area (Å²) in [5.74, 6) is 1.78. The molecule has 0 radical (unpaired) electrons. The van der Waals surface area contributed by atoms with Crippen molar-refractivity contribution < 1.29 is 9.47 Å². The highest BCUT2D eigenvalue weighted by atomic mass is 16.5. The Morgan fingerprint density at radius 3 is 2.45 bits per heavy atom. The molecule has 1 atom stereocenters. The summed E-state index contributed by atoms with van der Waals surface area (Å²) in [4.78, 5) is 0. The molecule has 4 aromatic carbocycles. The second kappa shape index (κ2) is 7.10. The number of ether oxygens (including phenoxy) is 2.